The second-order valence-electron chi connectivity index (χ2n) is 6.13. The average Bonchev–Trinajstić information content (AvgIpc) is 2.62. The number of nitrogens with one attached hydrogen (secondary N) is 1. The number of rotatable bonds is 4. The van der Waals surface area contributed by atoms with E-state index in [4.69, 9.17) is 10.00 Å². The number of hydrogen-bond donors (Lipinski definition) is 1. The van der Waals surface area contributed by atoms with Gasteiger partial charge in [0, 0.05) is 37.6 Å². The summed E-state index contributed by atoms with van der Waals surface area (Å²) in [5.41, 5.74) is 2.09. The molecule has 1 aromatic carbocycles. The van der Waals surface area contributed by atoms with E-state index in [0.717, 1.165) is 45.1 Å². The lowest BCUT2D eigenvalue weighted by Crippen LogP contribution is -2.56. The van der Waals surface area contributed by atoms with Gasteiger partial charge in [-0.1, -0.05) is 0 Å². The van der Waals surface area contributed by atoms with E-state index in [0.29, 0.717) is 12.0 Å². The summed E-state index contributed by atoms with van der Waals surface area (Å²) in [5, 5.41) is 11.9. The van der Waals surface area contributed by atoms with Gasteiger partial charge in [0.2, 0.25) is 11.8 Å². The quantitative estimate of drug-likeness (QED) is 0.884. The van der Waals surface area contributed by atoms with Crippen LogP contribution in [0.3, 0.4) is 0 Å². The molecule has 1 aromatic heterocycles. The van der Waals surface area contributed by atoms with Crippen molar-refractivity contribution in [3.05, 3.63) is 36.4 Å². The third kappa shape index (κ3) is 3.52. The van der Waals surface area contributed by atoms with Crippen LogP contribution in [0.25, 0.3) is 0 Å². The summed E-state index contributed by atoms with van der Waals surface area (Å²) in [4.78, 5) is 16.7. The molecule has 2 fully saturated rings. The van der Waals surface area contributed by atoms with Crippen LogP contribution in [0.15, 0.2) is 30.6 Å². The Morgan fingerprint density at radius 3 is 2.48 bits per heavy atom. The molecule has 0 saturated carbocycles. The van der Waals surface area contributed by atoms with Crippen molar-refractivity contribution in [3.8, 4) is 6.07 Å². The standard InChI is InChI=1S/C17H19N7O/c18-9-16-19-12-20-17(22-16)21-13-1-3-14(4-2-13)23-5-7-24(8-6-23)15-10-25-11-15/h1-4,12,15H,5-8,10-11H2,(H,19,20,21,22). The predicted molar refractivity (Wildman–Crippen MR) is 92.7 cm³/mol. The molecule has 0 amide bonds. The molecule has 8 nitrogen and oxygen atoms in total. The van der Waals surface area contributed by atoms with E-state index in [2.05, 4.69) is 42.2 Å². The van der Waals surface area contributed by atoms with Gasteiger partial charge in [0.15, 0.2) is 0 Å². The molecule has 0 bridgehead atoms. The zero-order chi connectivity index (χ0) is 17.1. The molecule has 2 aromatic rings. The van der Waals surface area contributed by atoms with Gasteiger partial charge >= 0.3 is 0 Å². The summed E-state index contributed by atoms with van der Waals surface area (Å²) in [7, 11) is 0. The largest absolute Gasteiger partial charge is 0.378 e. The van der Waals surface area contributed by atoms with Crippen molar-refractivity contribution in [1.82, 2.24) is 19.9 Å². The molecule has 0 aliphatic carbocycles. The van der Waals surface area contributed by atoms with Crippen LogP contribution in [0, 0.1) is 11.3 Å². The van der Waals surface area contributed by atoms with E-state index >= 15 is 0 Å². The first-order valence-electron chi connectivity index (χ1n) is 8.35. The Morgan fingerprint density at radius 2 is 1.84 bits per heavy atom. The highest BCUT2D eigenvalue weighted by Gasteiger charge is 2.28. The van der Waals surface area contributed by atoms with Crippen molar-refractivity contribution >= 4 is 17.3 Å². The van der Waals surface area contributed by atoms with Gasteiger partial charge in [-0.15, -0.1) is 0 Å². The van der Waals surface area contributed by atoms with Crippen LogP contribution in [0.4, 0.5) is 17.3 Å². The molecule has 2 aliphatic rings. The van der Waals surface area contributed by atoms with E-state index in [1.807, 2.05) is 18.2 Å². The van der Waals surface area contributed by atoms with Gasteiger partial charge in [0.05, 0.1) is 19.3 Å². The molecule has 2 saturated heterocycles. The van der Waals surface area contributed by atoms with Crippen LogP contribution in [0.1, 0.15) is 5.82 Å². The lowest BCUT2D eigenvalue weighted by atomic mass is 10.1. The molecule has 0 radical (unpaired) electrons. The second-order valence-corrected chi connectivity index (χ2v) is 6.13. The SMILES string of the molecule is N#Cc1ncnc(Nc2ccc(N3CCN(C4COC4)CC3)cc2)n1. The monoisotopic (exact) mass is 337 g/mol. The van der Waals surface area contributed by atoms with Crippen molar-refractivity contribution in [2.45, 2.75) is 6.04 Å². The third-order valence-electron chi connectivity index (χ3n) is 4.61. The van der Waals surface area contributed by atoms with Crippen LogP contribution in [0.5, 0.6) is 0 Å². The Balaban J connectivity index is 1.36. The van der Waals surface area contributed by atoms with Crippen LogP contribution in [-0.2, 0) is 4.74 Å². The van der Waals surface area contributed by atoms with E-state index in [9.17, 15) is 0 Å². The first kappa shape index (κ1) is 15.7. The molecule has 0 spiro atoms. The summed E-state index contributed by atoms with van der Waals surface area (Å²) in [5.74, 6) is 0.472. The van der Waals surface area contributed by atoms with Crippen molar-refractivity contribution in [2.24, 2.45) is 0 Å². The fraction of sp³-hybridized carbons (Fsp3) is 0.412. The zero-order valence-corrected chi connectivity index (χ0v) is 13.8. The van der Waals surface area contributed by atoms with Crippen LogP contribution < -0.4 is 10.2 Å². The van der Waals surface area contributed by atoms with Gasteiger partial charge in [-0.05, 0) is 24.3 Å². The minimum Gasteiger partial charge on any atom is -0.378 e. The molecule has 3 heterocycles. The summed E-state index contributed by atoms with van der Waals surface area (Å²) in [6, 6.07) is 10.7. The van der Waals surface area contributed by atoms with E-state index in [1.165, 1.54) is 12.0 Å². The number of hydrogen-bond acceptors (Lipinski definition) is 8. The maximum atomic E-state index is 8.83. The summed E-state index contributed by atoms with van der Waals surface area (Å²) in [6.45, 7) is 5.98. The van der Waals surface area contributed by atoms with Crippen molar-refractivity contribution in [3.63, 3.8) is 0 Å². The molecule has 0 unspecified atom stereocenters. The Kier molecular flexibility index (Phi) is 4.41. The fourth-order valence-corrected chi connectivity index (χ4v) is 3.07. The Hall–Kier alpha value is -2.76. The Morgan fingerprint density at radius 1 is 1.08 bits per heavy atom. The lowest BCUT2D eigenvalue weighted by molar-refractivity contribution is -0.0660. The highest BCUT2D eigenvalue weighted by molar-refractivity contribution is 5.59. The highest BCUT2D eigenvalue weighted by Crippen LogP contribution is 2.22. The van der Waals surface area contributed by atoms with Crippen LogP contribution in [0.2, 0.25) is 0 Å². The molecule has 8 heteroatoms. The average molecular weight is 337 g/mol. The van der Waals surface area contributed by atoms with E-state index in [1.54, 1.807) is 0 Å². The van der Waals surface area contributed by atoms with Gasteiger partial charge in [-0.25, -0.2) is 9.97 Å². The maximum absolute atomic E-state index is 8.83. The number of nitriles is 1. The number of ether oxygens (including phenoxy) is 1. The normalized spacial score (nSPS) is 18.4. The number of benzene rings is 1. The molecule has 2 aliphatic heterocycles. The molecule has 4 rings (SSSR count). The Labute approximate surface area is 146 Å². The van der Waals surface area contributed by atoms with E-state index in [-0.39, 0.29) is 5.82 Å². The third-order valence-corrected chi connectivity index (χ3v) is 4.61. The highest BCUT2D eigenvalue weighted by atomic mass is 16.5. The smallest absolute Gasteiger partial charge is 0.236 e. The van der Waals surface area contributed by atoms with Gasteiger partial charge in [-0.3, -0.25) is 4.90 Å². The number of aromatic nitrogens is 3. The first-order chi connectivity index (χ1) is 12.3. The minimum absolute atomic E-state index is 0.101. The van der Waals surface area contributed by atoms with Gasteiger partial charge in [0.25, 0.3) is 0 Å². The van der Waals surface area contributed by atoms with Crippen LogP contribution in [-0.4, -0.2) is 65.3 Å². The predicted octanol–water partition coefficient (Wildman–Crippen LogP) is 1.01. The summed E-state index contributed by atoms with van der Waals surface area (Å²) in [6.07, 6.45) is 1.33. The number of piperazine rings is 1. The molecule has 25 heavy (non-hydrogen) atoms. The fourth-order valence-electron chi connectivity index (χ4n) is 3.07. The molecule has 128 valence electrons. The van der Waals surface area contributed by atoms with Gasteiger partial charge in [-0.2, -0.15) is 10.2 Å². The van der Waals surface area contributed by atoms with Gasteiger partial charge < -0.3 is 15.0 Å². The zero-order valence-electron chi connectivity index (χ0n) is 13.8. The number of anilines is 3. The minimum atomic E-state index is 0.101. The van der Waals surface area contributed by atoms with Crippen LogP contribution >= 0.6 is 0 Å². The summed E-state index contributed by atoms with van der Waals surface area (Å²) >= 11 is 0. The number of nitrogens with zero attached hydrogens (tertiary/aromatic N) is 6. The van der Waals surface area contributed by atoms with Crippen molar-refractivity contribution in [2.75, 3.05) is 49.6 Å². The molecular weight excluding hydrogens is 318 g/mol. The van der Waals surface area contributed by atoms with Gasteiger partial charge in [0.1, 0.15) is 12.4 Å². The van der Waals surface area contributed by atoms with Crippen molar-refractivity contribution in [1.29, 1.82) is 5.26 Å². The topological polar surface area (TPSA) is 90.2 Å². The maximum Gasteiger partial charge on any atom is 0.236 e. The first-order valence-corrected chi connectivity index (χ1v) is 8.35. The lowest BCUT2D eigenvalue weighted by Gasteiger charge is -2.43. The summed E-state index contributed by atoms with van der Waals surface area (Å²) < 4.78 is 5.28. The Bertz CT molecular complexity index is 761. The molecule has 0 atom stereocenters. The molecular formula is C17H19N7O. The second kappa shape index (κ2) is 7.01. The van der Waals surface area contributed by atoms with E-state index < -0.39 is 0 Å². The molecule has 1 N–H and O–H groups in total. The van der Waals surface area contributed by atoms with Crippen molar-refractivity contribution < 1.29 is 4.74 Å².